The molecule has 1 aliphatic carbocycles. The molecule has 1 heterocycles. The van der Waals surface area contributed by atoms with Gasteiger partial charge in [-0.3, -0.25) is 4.79 Å². The van der Waals surface area contributed by atoms with E-state index in [-0.39, 0.29) is 11.9 Å². The van der Waals surface area contributed by atoms with E-state index in [2.05, 4.69) is 15.3 Å². The fraction of sp³-hybridized carbons (Fsp3) is 0.500. The third-order valence-electron chi connectivity index (χ3n) is 2.58. The lowest BCUT2D eigenvalue weighted by atomic mass is 9.93. The molecule has 1 amide bonds. The van der Waals surface area contributed by atoms with Gasteiger partial charge in [-0.25, -0.2) is 9.97 Å². The van der Waals surface area contributed by atoms with Gasteiger partial charge in [0.05, 0.1) is 0 Å². The molecule has 0 spiro atoms. The molecule has 2 rings (SSSR count). The number of hydrogen-bond acceptors (Lipinski definition) is 4. The lowest BCUT2D eigenvalue weighted by Crippen LogP contribution is -2.37. The Morgan fingerprint density at radius 1 is 1.67 bits per heavy atom. The van der Waals surface area contributed by atoms with Crippen LogP contribution >= 0.6 is 0 Å². The molecule has 0 aliphatic heterocycles. The van der Waals surface area contributed by atoms with Crippen LogP contribution in [0.3, 0.4) is 0 Å². The lowest BCUT2D eigenvalue weighted by Gasteiger charge is -2.23. The number of nitrogens with one attached hydrogen (secondary N) is 1. The van der Waals surface area contributed by atoms with Crippen LogP contribution in [0.4, 0.5) is 5.95 Å². The normalized spacial score (nSPS) is 19.4. The molecule has 0 fully saturated rings. The van der Waals surface area contributed by atoms with E-state index in [4.69, 9.17) is 5.73 Å². The highest BCUT2D eigenvalue weighted by molar-refractivity contribution is 5.73. The zero-order chi connectivity index (χ0) is 10.8. The number of carbonyl (C=O) groups excluding carboxylic acids is 1. The molecular formula is C10H14N4O. The third kappa shape index (κ3) is 2.23. The number of aromatic nitrogens is 2. The van der Waals surface area contributed by atoms with Gasteiger partial charge in [0.2, 0.25) is 11.9 Å². The summed E-state index contributed by atoms with van der Waals surface area (Å²) in [5.74, 6) is 0.339. The van der Waals surface area contributed by atoms with Crippen molar-refractivity contribution >= 4 is 11.9 Å². The molecule has 0 unspecified atom stereocenters. The first-order valence-electron chi connectivity index (χ1n) is 5.02. The SMILES string of the molecule is CC(=O)N[C@@H]1CCc2nc(N)ncc2C1. The number of nitrogens with zero attached hydrogens (tertiary/aromatic N) is 2. The van der Waals surface area contributed by atoms with E-state index in [0.717, 1.165) is 30.5 Å². The Bertz CT molecular complexity index is 391. The van der Waals surface area contributed by atoms with Crippen molar-refractivity contribution in [3.63, 3.8) is 0 Å². The fourth-order valence-electron chi connectivity index (χ4n) is 1.93. The summed E-state index contributed by atoms with van der Waals surface area (Å²) in [6, 6.07) is 0.210. The highest BCUT2D eigenvalue weighted by atomic mass is 16.1. The maximum atomic E-state index is 10.9. The maximum Gasteiger partial charge on any atom is 0.220 e. The van der Waals surface area contributed by atoms with Crippen LogP contribution in [0, 0.1) is 0 Å². The molecule has 0 saturated carbocycles. The summed E-state index contributed by atoms with van der Waals surface area (Å²) in [6.07, 6.45) is 4.33. The summed E-state index contributed by atoms with van der Waals surface area (Å²) in [7, 11) is 0. The topological polar surface area (TPSA) is 80.9 Å². The predicted molar refractivity (Wildman–Crippen MR) is 56.1 cm³/mol. The third-order valence-corrected chi connectivity index (χ3v) is 2.58. The van der Waals surface area contributed by atoms with E-state index in [1.165, 1.54) is 6.92 Å². The van der Waals surface area contributed by atoms with Gasteiger partial charge in [0.15, 0.2) is 0 Å². The van der Waals surface area contributed by atoms with Gasteiger partial charge in [-0.15, -0.1) is 0 Å². The van der Waals surface area contributed by atoms with Crippen LogP contribution in [0.15, 0.2) is 6.20 Å². The summed E-state index contributed by atoms with van der Waals surface area (Å²) in [5.41, 5.74) is 7.61. The second kappa shape index (κ2) is 3.84. The number of fused-ring (bicyclic) bond motifs is 1. The van der Waals surface area contributed by atoms with Gasteiger partial charge in [-0.2, -0.15) is 0 Å². The highest BCUT2D eigenvalue weighted by Crippen LogP contribution is 2.19. The molecule has 3 N–H and O–H groups in total. The van der Waals surface area contributed by atoms with E-state index in [0.29, 0.717) is 5.95 Å². The van der Waals surface area contributed by atoms with Crippen LogP contribution in [0.5, 0.6) is 0 Å². The van der Waals surface area contributed by atoms with Gasteiger partial charge >= 0.3 is 0 Å². The van der Waals surface area contributed by atoms with Crippen molar-refractivity contribution in [1.29, 1.82) is 0 Å². The lowest BCUT2D eigenvalue weighted by molar-refractivity contribution is -0.119. The second-order valence-electron chi connectivity index (χ2n) is 3.84. The molecule has 0 aromatic carbocycles. The Morgan fingerprint density at radius 2 is 2.47 bits per heavy atom. The largest absolute Gasteiger partial charge is 0.368 e. The van der Waals surface area contributed by atoms with Gasteiger partial charge < -0.3 is 11.1 Å². The van der Waals surface area contributed by atoms with Crippen molar-refractivity contribution in [1.82, 2.24) is 15.3 Å². The van der Waals surface area contributed by atoms with Gasteiger partial charge in [0.1, 0.15) is 0 Å². The number of rotatable bonds is 1. The Hall–Kier alpha value is -1.65. The molecule has 15 heavy (non-hydrogen) atoms. The standard InChI is InChI=1S/C10H14N4O/c1-6(15)13-8-2-3-9-7(4-8)5-12-10(11)14-9/h5,8H,2-4H2,1H3,(H,13,15)(H2,11,12,14)/t8-/m1/s1. The smallest absolute Gasteiger partial charge is 0.220 e. The summed E-state index contributed by atoms with van der Waals surface area (Å²) < 4.78 is 0. The van der Waals surface area contributed by atoms with E-state index in [1.54, 1.807) is 6.20 Å². The number of aryl methyl sites for hydroxylation is 1. The molecule has 1 aromatic heterocycles. The molecule has 1 atom stereocenters. The zero-order valence-corrected chi connectivity index (χ0v) is 8.66. The van der Waals surface area contributed by atoms with E-state index >= 15 is 0 Å². The van der Waals surface area contributed by atoms with E-state index in [1.807, 2.05) is 0 Å². The Morgan fingerprint density at radius 3 is 3.20 bits per heavy atom. The summed E-state index contributed by atoms with van der Waals surface area (Å²) in [4.78, 5) is 19.1. The summed E-state index contributed by atoms with van der Waals surface area (Å²) >= 11 is 0. The quantitative estimate of drug-likeness (QED) is 0.680. The number of anilines is 1. The molecule has 5 heteroatoms. The van der Waals surface area contributed by atoms with Gasteiger partial charge in [0, 0.05) is 24.9 Å². The molecule has 0 bridgehead atoms. The van der Waals surface area contributed by atoms with Crippen molar-refractivity contribution in [2.24, 2.45) is 0 Å². The molecule has 80 valence electrons. The van der Waals surface area contributed by atoms with Gasteiger partial charge in [-0.05, 0) is 24.8 Å². The number of amides is 1. The highest BCUT2D eigenvalue weighted by Gasteiger charge is 2.20. The first-order valence-corrected chi connectivity index (χ1v) is 5.02. The number of nitrogen functional groups attached to an aromatic ring is 1. The summed E-state index contributed by atoms with van der Waals surface area (Å²) in [5, 5.41) is 2.91. The van der Waals surface area contributed by atoms with Crippen molar-refractivity contribution in [2.45, 2.75) is 32.2 Å². The Kier molecular flexibility index (Phi) is 2.53. The predicted octanol–water partition coefficient (Wildman–Crippen LogP) is 0.0522. The fourth-order valence-corrected chi connectivity index (χ4v) is 1.93. The van der Waals surface area contributed by atoms with Gasteiger partial charge in [-0.1, -0.05) is 0 Å². The monoisotopic (exact) mass is 206 g/mol. The molecule has 1 aromatic rings. The minimum absolute atomic E-state index is 0.0137. The Labute approximate surface area is 88.1 Å². The van der Waals surface area contributed by atoms with E-state index < -0.39 is 0 Å². The molecule has 5 nitrogen and oxygen atoms in total. The van der Waals surface area contributed by atoms with Crippen LogP contribution in [0.2, 0.25) is 0 Å². The van der Waals surface area contributed by atoms with Crippen LogP contribution < -0.4 is 11.1 Å². The summed E-state index contributed by atoms with van der Waals surface area (Å²) in [6.45, 7) is 1.54. The average Bonchev–Trinajstić information content (AvgIpc) is 2.17. The maximum absolute atomic E-state index is 10.9. The molecular weight excluding hydrogens is 192 g/mol. The van der Waals surface area contributed by atoms with Crippen molar-refractivity contribution < 1.29 is 4.79 Å². The first kappa shape index (κ1) is 9.89. The van der Waals surface area contributed by atoms with Crippen LogP contribution in [0.25, 0.3) is 0 Å². The van der Waals surface area contributed by atoms with Crippen molar-refractivity contribution in [2.75, 3.05) is 5.73 Å². The number of nitrogens with two attached hydrogens (primary N) is 1. The second-order valence-corrected chi connectivity index (χ2v) is 3.84. The van der Waals surface area contributed by atoms with E-state index in [9.17, 15) is 4.79 Å². The van der Waals surface area contributed by atoms with Crippen molar-refractivity contribution in [3.8, 4) is 0 Å². The molecule has 1 aliphatic rings. The molecule has 0 radical (unpaired) electrons. The van der Waals surface area contributed by atoms with Gasteiger partial charge in [0.25, 0.3) is 0 Å². The number of hydrogen-bond donors (Lipinski definition) is 2. The van der Waals surface area contributed by atoms with Crippen LogP contribution in [0.1, 0.15) is 24.6 Å². The first-order chi connectivity index (χ1) is 7.15. The van der Waals surface area contributed by atoms with Crippen molar-refractivity contribution in [3.05, 3.63) is 17.5 Å². The molecule has 0 saturated heterocycles. The number of carbonyl (C=O) groups is 1. The minimum Gasteiger partial charge on any atom is -0.368 e. The minimum atomic E-state index is 0.0137. The van der Waals surface area contributed by atoms with Crippen LogP contribution in [-0.2, 0) is 17.6 Å². The zero-order valence-electron chi connectivity index (χ0n) is 8.66. The Balaban J connectivity index is 2.13. The van der Waals surface area contributed by atoms with Crippen LogP contribution in [-0.4, -0.2) is 21.9 Å². The average molecular weight is 206 g/mol.